The highest BCUT2D eigenvalue weighted by molar-refractivity contribution is 8.14. The van der Waals surface area contributed by atoms with Crippen molar-refractivity contribution < 1.29 is 18.7 Å². The number of nitrogens with zero attached hydrogens (tertiary/aromatic N) is 2. The number of ether oxygens (including phenoxy) is 1. The number of aliphatic imine (C=N–C) groups is 1. The molecule has 0 unspecified atom stereocenters. The number of nitrogens with one attached hydrogen (secondary N) is 1. The van der Waals surface area contributed by atoms with Crippen LogP contribution in [0.1, 0.15) is 5.56 Å². The van der Waals surface area contributed by atoms with Crippen molar-refractivity contribution in [2.24, 2.45) is 4.99 Å². The number of methoxy groups -OCH3 is 1. The van der Waals surface area contributed by atoms with E-state index in [0.717, 1.165) is 17.3 Å². The molecular weight excluding hydrogens is 441 g/mol. The predicted molar refractivity (Wildman–Crippen MR) is 130 cm³/mol. The van der Waals surface area contributed by atoms with Gasteiger partial charge in [-0.3, -0.25) is 14.5 Å². The zero-order valence-electron chi connectivity index (χ0n) is 17.7. The van der Waals surface area contributed by atoms with E-state index in [1.165, 1.54) is 29.2 Å². The molecular formula is C25H20FN3O3S. The number of thioether (sulfide) groups is 1. The van der Waals surface area contributed by atoms with E-state index >= 15 is 0 Å². The van der Waals surface area contributed by atoms with Crippen LogP contribution in [-0.2, 0) is 9.59 Å². The Kier molecular flexibility index (Phi) is 6.85. The van der Waals surface area contributed by atoms with Crippen LogP contribution in [0, 0.1) is 5.82 Å². The summed E-state index contributed by atoms with van der Waals surface area (Å²) in [4.78, 5) is 31.5. The SMILES string of the molecule is COc1cccc(NC(=O)CSC2=N/C(=C/c3ccccc3)C(=O)N2c2ccc(F)cc2)c1. The Labute approximate surface area is 194 Å². The Balaban J connectivity index is 1.54. The lowest BCUT2D eigenvalue weighted by atomic mass is 10.2. The summed E-state index contributed by atoms with van der Waals surface area (Å²) >= 11 is 1.12. The van der Waals surface area contributed by atoms with Crippen molar-refractivity contribution in [3.63, 3.8) is 0 Å². The normalized spacial score (nSPS) is 14.4. The molecule has 4 rings (SSSR count). The maximum absolute atomic E-state index is 13.4. The highest BCUT2D eigenvalue weighted by atomic mass is 32.2. The lowest BCUT2D eigenvalue weighted by Gasteiger charge is -2.17. The van der Waals surface area contributed by atoms with Crippen LogP contribution in [0.4, 0.5) is 15.8 Å². The third-order valence-corrected chi connectivity index (χ3v) is 5.64. The fourth-order valence-corrected chi connectivity index (χ4v) is 3.96. The number of carbonyl (C=O) groups excluding carboxylic acids is 2. The average Bonchev–Trinajstić information content (AvgIpc) is 3.14. The lowest BCUT2D eigenvalue weighted by molar-refractivity contribution is -0.114. The summed E-state index contributed by atoms with van der Waals surface area (Å²) in [5.74, 6) is -0.359. The largest absolute Gasteiger partial charge is 0.497 e. The molecule has 0 bridgehead atoms. The van der Waals surface area contributed by atoms with E-state index in [1.807, 2.05) is 30.3 Å². The number of amides is 2. The third kappa shape index (κ3) is 5.48. The highest BCUT2D eigenvalue weighted by Gasteiger charge is 2.32. The van der Waals surface area contributed by atoms with E-state index in [1.54, 1.807) is 37.5 Å². The van der Waals surface area contributed by atoms with Crippen LogP contribution in [0.2, 0.25) is 0 Å². The van der Waals surface area contributed by atoms with Crippen LogP contribution >= 0.6 is 11.8 Å². The zero-order chi connectivity index (χ0) is 23.2. The van der Waals surface area contributed by atoms with E-state index in [-0.39, 0.29) is 23.3 Å². The number of carbonyl (C=O) groups is 2. The first kappa shape index (κ1) is 22.3. The Bertz CT molecular complexity index is 1230. The summed E-state index contributed by atoms with van der Waals surface area (Å²) in [6.45, 7) is 0. The first-order chi connectivity index (χ1) is 16.0. The van der Waals surface area contributed by atoms with E-state index in [9.17, 15) is 14.0 Å². The molecule has 3 aromatic carbocycles. The minimum atomic E-state index is -0.408. The van der Waals surface area contributed by atoms with Crippen molar-refractivity contribution in [3.05, 3.63) is 95.9 Å². The number of amidine groups is 1. The molecule has 1 aliphatic rings. The molecule has 0 aromatic heterocycles. The first-order valence-corrected chi connectivity index (χ1v) is 11.0. The molecule has 1 aliphatic heterocycles. The van der Waals surface area contributed by atoms with Crippen molar-refractivity contribution >= 4 is 46.2 Å². The summed E-state index contributed by atoms with van der Waals surface area (Å²) in [5, 5.41) is 3.14. The van der Waals surface area contributed by atoms with Gasteiger partial charge in [-0.15, -0.1) is 0 Å². The van der Waals surface area contributed by atoms with Crippen molar-refractivity contribution in [2.45, 2.75) is 0 Å². The van der Waals surface area contributed by atoms with Crippen LogP contribution in [0.3, 0.4) is 0 Å². The minimum Gasteiger partial charge on any atom is -0.497 e. The highest BCUT2D eigenvalue weighted by Crippen LogP contribution is 2.29. The smallest absolute Gasteiger partial charge is 0.283 e. The van der Waals surface area contributed by atoms with Gasteiger partial charge in [-0.25, -0.2) is 9.38 Å². The van der Waals surface area contributed by atoms with Crippen LogP contribution in [0.25, 0.3) is 6.08 Å². The van der Waals surface area contributed by atoms with Crippen molar-refractivity contribution in [1.82, 2.24) is 0 Å². The summed E-state index contributed by atoms with van der Waals surface area (Å²) < 4.78 is 18.6. The van der Waals surface area contributed by atoms with E-state index in [0.29, 0.717) is 22.3 Å². The van der Waals surface area contributed by atoms with Crippen LogP contribution in [0.15, 0.2) is 89.6 Å². The number of hydrogen-bond acceptors (Lipinski definition) is 5. The van der Waals surface area contributed by atoms with Gasteiger partial charge in [0.15, 0.2) is 5.17 Å². The van der Waals surface area contributed by atoms with E-state index < -0.39 is 5.82 Å². The number of rotatable bonds is 6. The van der Waals surface area contributed by atoms with Gasteiger partial charge in [-0.1, -0.05) is 48.2 Å². The molecule has 0 saturated heterocycles. The van der Waals surface area contributed by atoms with Gasteiger partial charge in [-0.2, -0.15) is 0 Å². The molecule has 0 saturated carbocycles. The molecule has 2 amide bonds. The number of halogens is 1. The lowest BCUT2D eigenvalue weighted by Crippen LogP contribution is -2.31. The van der Waals surface area contributed by atoms with Gasteiger partial charge in [-0.05, 0) is 48.0 Å². The fourth-order valence-electron chi connectivity index (χ4n) is 3.15. The Morgan fingerprint density at radius 2 is 1.85 bits per heavy atom. The summed E-state index contributed by atoms with van der Waals surface area (Å²) in [6, 6.07) is 21.9. The molecule has 6 nitrogen and oxygen atoms in total. The van der Waals surface area contributed by atoms with Gasteiger partial charge in [0.2, 0.25) is 5.91 Å². The fraction of sp³-hybridized carbons (Fsp3) is 0.0800. The van der Waals surface area contributed by atoms with Gasteiger partial charge < -0.3 is 10.1 Å². The molecule has 33 heavy (non-hydrogen) atoms. The Morgan fingerprint density at radius 1 is 1.09 bits per heavy atom. The van der Waals surface area contributed by atoms with Crippen LogP contribution in [0.5, 0.6) is 5.75 Å². The molecule has 0 radical (unpaired) electrons. The molecule has 1 heterocycles. The monoisotopic (exact) mass is 461 g/mol. The number of benzene rings is 3. The van der Waals surface area contributed by atoms with Crippen molar-refractivity contribution in [3.8, 4) is 5.75 Å². The molecule has 166 valence electrons. The standard InChI is InChI=1S/C25H20FN3O3S/c1-32-21-9-5-8-19(15-21)27-23(30)16-33-25-28-22(14-17-6-3-2-4-7-17)24(31)29(25)20-12-10-18(26)11-13-20/h2-15H,16H2,1H3,(H,27,30)/b22-14+. The summed E-state index contributed by atoms with van der Waals surface area (Å²) in [7, 11) is 1.55. The average molecular weight is 462 g/mol. The van der Waals surface area contributed by atoms with Crippen molar-refractivity contribution in [1.29, 1.82) is 0 Å². The van der Waals surface area contributed by atoms with Gasteiger partial charge in [0.25, 0.3) is 5.91 Å². The minimum absolute atomic E-state index is 0.0274. The molecule has 0 atom stereocenters. The van der Waals surface area contributed by atoms with Crippen molar-refractivity contribution in [2.75, 3.05) is 23.1 Å². The first-order valence-electron chi connectivity index (χ1n) is 10.1. The molecule has 3 aromatic rings. The third-order valence-electron chi connectivity index (χ3n) is 4.70. The Morgan fingerprint density at radius 3 is 2.58 bits per heavy atom. The van der Waals surface area contributed by atoms with E-state index in [4.69, 9.17) is 4.74 Å². The van der Waals surface area contributed by atoms with Crippen LogP contribution < -0.4 is 15.0 Å². The number of anilines is 2. The molecule has 0 aliphatic carbocycles. The second-order valence-corrected chi connectivity index (χ2v) is 7.96. The molecule has 0 fully saturated rings. The summed E-state index contributed by atoms with van der Waals surface area (Å²) in [6.07, 6.45) is 1.68. The Hall–Kier alpha value is -3.91. The van der Waals surface area contributed by atoms with E-state index in [2.05, 4.69) is 10.3 Å². The maximum Gasteiger partial charge on any atom is 0.283 e. The topological polar surface area (TPSA) is 71.0 Å². The van der Waals surface area contributed by atoms with Gasteiger partial charge in [0, 0.05) is 11.8 Å². The predicted octanol–water partition coefficient (Wildman–Crippen LogP) is 4.95. The molecule has 0 spiro atoms. The summed E-state index contributed by atoms with van der Waals surface area (Å²) in [5.41, 5.74) is 2.13. The van der Waals surface area contributed by atoms with Gasteiger partial charge >= 0.3 is 0 Å². The van der Waals surface area contributed by atoms with Gasteiger partial charge in [0.1, 0.15) is 17.3 Å². The number of hydrogen-bond donors (Lipinski definition) is 1. The van der Waals surface area contributed by atoms with Gasteiger partial charge in [0.05, 0.1) is 18.6 Å². The molecule has 1 N–H and O–H groups in total. The zero-order valence-corrected chi connectivity index (χ0v) is 18.5. The molecule has 8 heteroatoms. The second kappa shape index (κ2) is 10.1. The van der Waals surface area contributed by atoms with Crippen LogP contribution in [-0.4, -0.2) is 29.8 Å². The quantitative estimate of drug-likeness (QED) is 0.528. The second-order valence-electron chi connectivity index (χ2n) is 7.02. The maximum atomic E-state index is 13.4.